The summed E-state index contributed by atoms with van der Waals surface area (Å²) in [6.45, 7) is 4.82. The van der Waals surface area contributed by atoms with E-state index in [0.29, 0.717) is 34.9 Å². The van der Waals surface area contributed by atoms with E-state index in [1.54, 1.807) is 19.9 Å². The molecule has 3 rings (SSSR count). The molecule has 152 valence electrons. The molecule has 0 saturated heterocycles. The van der Waals surface area contributed by atoms with Crippen molar-refractivity contribution < 1.29 is 31.1 Å². The lowest BCUT2D eigenvalue weighted by molar-refractivity contribution is -0.187. The maximum atomic E-state index is 14.5. The zero-order valence-corrected chi connectivity index (χ0v) is 15.7. The first-order valence-electron chi connectivity index (χ1n) is 8.59. The highest BCUT2D eigenvalue weighted by Crippen LogP contribution is 2.37. The number of ether oxygens (including phenoxy) is 1. The second kappa shape index (κ2) is 7.46. The summed E-state index contributed by atoms with van der Waals surface area (Å²) in [5, 5.41) is 0. The second-order valence-electron chi connectivity index (χ2n) is 6.74. The predicted octanol–water partition coefficient (Wildman–Crippen LogP) is 6.96. The Balaban J connectivity index is 2.00. The van der Waals surface area contributed by atoms with Crippen LogP contribution in [0.1, 0.15) is 22.3 Å². The molecule has 0 radical (unpaired) electrons. The standard InChI is InChI=1S/C22H16F6O/c1-11-6-12(2)21(26)13(3)20(11)14-4-5-18(19(25)7-14)22(27,28)29-17-9-15(23)8-16(24)10-17/h4-10H,1-3H3. The van der Waals surface area contributed by atoms with Gasteiger partial charge in [-0.3, -0.25) is 0 Å². The summed E-state index contributed by atoms with van der Waals surface area (Å²) in [6, 6.07) is 6.06. The van der Waals surface area contributed by atoms with Gasteiger partial charge < -0.3 is 4.74 Å². The van der Waals surface area contributed by atoms with E-state index in [0.717, 1.165) is 12.1 Å². The maximum Gasteiger partial charge on any atom is 0.429 e. The number of alkyl halides is 2. The first-order chi connectivity index (χ1) is 13.5. The van der Waals surface area contributed by atoms with Gasteiger partial charge in [0.1, 0.15) is 29.0 Å². The zero-order chi connectivity index (χ0) is 21.5. The van der Waals surface area contributed by atoms with Crippen LogP contribution in [-0.4, -0.2) is 0 Å². The van der Waals surface area contributed by atoms with E-state index in [1.165, 1.54) is 13.0 Å². The summed E-state index contributed by atoms with van der Waals surface area (Å²) in [7, 11) is 0. The van der Waals surface area contributed by atoms with Gasteiger partial charge >= 0.3 is 6.11 Å². The molecular weight excluding hydrogens is 394 g/mol. The molecule has 0 spiro atoms. The monoisotopic (exact) mass is 410 g/mol. The zero-order valence-electron chi connectivity index (χ0n) is 15.7. The molecule has 29 heavy (non-hydrogen) atoms. The lowest BCUT2D eigenvalue weighted by atomic mass is 9.92. The van der Waals surface area contributed by atoms with Crippen molar-refractivity contribution in [3.8, 4) is 16.9 Å². The summed E-state index contributed by atoms with van der Waals surface area (Å²) in [4.78, 5) is 0. The molecule has 0 saturated carbocycles. The van der Waals surface area contributed by atoms with Crippen LogP contribution < -0.4 is 4.74 Å². The van der Waals surface area contributed by atoms with Crippen LogP contribution in [0.5, 0.6) is 5.75 Å². The minimum atomic E-state index is -4.19. The predicted molar refractivity (Wildman–Crippen MR) is 96.9 cm³/mol. The fraction of sp³-hybridized carbons (Fsp3) is 0.182. The summed E-state index contributed by atoms with van der Waals surface area (Å²) >= 11 is 0. The molecule has 0 amide bonds. The molecule has 3 aromatic rings. The number of benzene rings is 3. The highest BCUT2D eigenvalue weighted by molar-refractivity contribution is 5.72. The van der Waals surface area contributed by atoms with Gasteiger partial charge in [-0.25, -0.2) is 17.6 Å². The molecule has 0 heterocycles. The summed E-state index contributed by atoms with van der Waals surface area (Å²) in [5.74, 6) is -4.78. The quantitative estimate of drug-likeness (QED) is 0.422. The Morgan fingerprint density at radius 2 is 1.38 bits per heavy atom. The van der Waals surface area contributed by atoms with Crippen LogP contribution in [0.3, 0.4) is 0 Å². The third-order valence-corrected chi connectivity index (χ3v) is 4.53. The molecule has 0 unspecified atom stereocenters. The molecule has 1 nitrogen and oxygen atoms in total. The third-order valence-electron chi connectivity index (χ3n) is 4.53. The Labute approximate surface area is 163 Å². The van der Waals surface area contributed by atoms with Crippen molar-refractivity contribution in [2.45, 2.75) is 26.9 Å². The Kier molecular flexibility index (Phi) is 5.34. The number of halogens is 6. The van der Waals surface area contributed by atoms with Crippen LogP contribution in [0.4, 0.5) is 26.3 Å². The van der Waals surface area contributed by atoms with Crippen LogP contribution in [0.15, 0.2) is 42.5 Å². The van der Waals surface area contributed by atoms with Crippen LogP contribution in [0.25, 0.3) is 11.1 Å². The van der Waals surface area contributed by atoms with Crippen LogP contribution in [0.2, 0.25) is 0 Å². The van der Waals surface area contributed by atoms with Gasteiger partial charge in [0.2, 0.25) is 0 Å². The number of hydrogen-bond acceptors (Lipinski definition) is 1. The minimum absolute atomic E-state index is 0.216. The lowest BCUT2D eigenvalue weighted by Gasteiger charge is -2.20. The Bertz CT molecular complexity index is 1070. The van der Waals surface area contributed by atoms with Crippen molar-refractivity contribution in [2.75, 3.05) is 0 Å². The van der Waals surface area contributed by atoms with Crippen LogP contribution in [-0.2, 0) is 6.11 Å². The molecule has 0 aliphatic carbocycles. The topological polar surface area (TPSA) is 9.23 Å². The maximum absolute atomic E-state index is 14.5. The van der Waals surface area contributed by atoms with E-state index >= 15 is 0 Å². The molecule has 0 fully saturated rings. The van der Waals surface area contributed by atoms with Gasteiger partial charge in [-0.05, 0) is 60.7 Å². The SMILES string of the molecule is Cc1cc(C)c(-c2ccc(C(F)(F)Oc3cc(F)cc(F)c3)c(F)c2)c(C)c1F. The first-order valence-corrected chi connectivity index (χ1v) is 8.59. The van der Waals surface area contributed by atoms with Gasteiger partial charge in [-0.15, -0.1) is 0 Å². The molecule has 0 aliphatic heterocycles. The van der Waals surface area contributed by atoms with Crippen molar-refractivity contribution in [3.05, 3.63) is 88.0 Å². The van der Waals surface area contributed by atoms with Crippen LogP contribution in [0, 0.1) is 44.0 Å². The number of rotatable bonds is 4. The second-order valence-corrected chi connectivity index (χ2v) is 6.74. The van der Waals surface area contributed by atoms with Crippen molar-refractivity contribution in [2.24, 2.45) is 0 Å². The molecule has 0 atom stereocenters. The third kappa shape index (κ3) is 4.09. The first kappa shape index (κ1) is 20.8. The fourth-order valence-corrected chi connectivity index (χ4v) is 3.30. The summed E-state index contributed by atoms with van der Waals surface area (Å²) < 4.78 is 88.3. The van der Waals surface area contributed by atoms with E-state index in [1.807, 2.05) is 0 Å². The lowest BCUT2D eigenvalue weighted by Crippen LogP contribution is -2.23. The number of hydrogen-bond donors (Lipinski definition) is 0. The molecule has 0 aliphatic rings. The van der Waals surface area contributed by atoms with E-state index < -0.39 is 40.7 Å². The van der Waals surface area contributed by atoms with Crippen molar-refractivity contribution >= 4 is 0 Å². The molecule has 7 heteroatoms. The highest BCUT2D eigenvalue weighted by Gasteiger charge is 2.38. The smallest absolute Gasteiger partial charge is 0.429 e. The molecule has 3 aromatic carbocycles. The van der Waals surface area contributed by atoms with Crippen molar-refractivity contribution in [1.82, 2.24) is 0 Å². The summed E-state index contributed by atoms with van der Waals surface area (Å²) in [5.41, 5.74) is 0.847. The van der Waals surface area contributed by atoms with E-state index in [4.69, 9.17) is 0 Å². The van der Waals surface area contributed by atoms with Crippen molar-refractivity contribution in [1.29, 1.82) is 0 Å². The van der Waals surface area contributed by atoms with Gasteiger partial charge in [0.05, 0.1) is 5.56 Å². The van der Waals surface area contributed by atoms with Gasteiger partial charge in [-0.2, -0.15) is 8.78 Å². The Hall–Kier alpha value is -2.96. The molecular formula is C22H16F6O. The largest absolute Gasteiger partial charge is 0.429 e. The molecule has 0 aromatic heterocycles. The van der Waals surface area contributed by atoms with E-state index in [9.17, 15) is 26.3 Å². The van der Waals surface area contributed by atoms with E-state index in [2.05, 4.69) is 4.74 Å². The molecule has 0 bridgehead atoms. The van der Waals surface area contributed by atoms with Gasteiger partial charge in [0.25, 0.3) is 0 Å². The Morgan fingerprint density at radius 3 is 1.97 bits per heavy atom. The highest BCUT2D eigenvalue weighted by atomic mass is 19.3. The normalized spacial score (nSPS) is 11.6. The van der Waals surface area contributed by atoms with Gasteiger partial charge in [0.15, 0.2) is 0 Å². The average molecular weight is 410 g/mol. The minimum Gasteiger partial charge on any atom is -0.429 e. The van der Waals surface area contributed by atoms with Crippen LogP contribution >= 0.6 is 0 Å². The van der Waals surface area contributed by atoms with E-state index in [-0.39, 0.29) is 11.1 Å². The van der Waals surface area contributed by atoms with Gasteiger partial charge in [-0.1, -0.05) is 12.1 Å². The Morgan fingerprint density at radius 1 is 0.759 bits per heavy atom. The summed E-state index contributed by atoms with van der Waals surface area (Å²) in [6.07, 6.45) is -4.19. The average Bonchev–Trinajstić information content (AvgIpc) is 2.58. The van der Waals surface area contributed by atoms with Gasteiger partial charge in [0, 0.05) is 18.2 Å². The number of aryl methyl sites for hydroxylation is 2. The fourth-order valence-electron chi connectivity index (χ4n) is 3.30. The molecule has 0 N–H and O–H groups in total. The van der Waals surface area contributed by atoms with Crippen molar-refractivity contribution in [3.63, 3.8) is 0 Å².